The number of H-pyrrole nitrogens is 1. The summed E-state index contributed by atoms with van der Waals surface area (Å²) in [4.78, 5) is 58.8. The lowest BCUT2D eigenvalue weighted by Crippen LogP contribution is -2.57. The zero-order chi connectivity index (χ0) is 28.9. The third kappa shape index (κ3) is 6.30. The fourth-order valence-corrected chi connectivity index (χ4v) is 5.23. The van der Waals surface area contributed by atoms with E-state index in [2.05, 4.69) is 15.6 Å². The van der Waals surface area contributed by atoms with Gasteiger partial charge in [-0.3, -0.25) is 19.2 Å². The lowest BCUT2D eigenvalue weighted by Gasteiger charge is -2.33. The highest BCUT2D eigenvalue weighted by atomic mass is 16.2. The Morgan fingerprint density at radius 3 is 2.46 bits per heavy atom. The first kappa shape index (κ1) is 27.6. The van der Waals surface area contributed by atoms with Gasteiger partial charge in [-0.25, -0.2) is 0 Å². The highest BCUT2D eigenvalue weighted by Gasteiger charge is 2.35. The maximum atomic E-state index is 13.8. The zero-order valence-corrected chi connectivity index (χ0v) is 23.1. The molecule has 0 bridgehead atoms. The standard InChI is InChI=1S/C32H33N5O4/c1-21-10-6-7-13-23(21)18-36(2)31(40)27(16-24-17-33-26-15-9-8-14-25(24)26)34-28(38)19-37-20-29(39)35-30(32(37)41)22-11-4-3-5-12-22/h3-15,17,27,30,33H,16,18-20H2,1-2H3,(H,34,38)(H,35,39). The molecule has 41 heavy (non-hydrogen) atoms. The van der Waals surface area contributed by atoms with E-state index in [4.69, 9.17) is 0 Å². The average molecular weight is 552 g/mol. The van der Waals surface area contributed by atoms with Crippen molar-refractivity contribution in [2.75, 3.05) is 20.1 Å². The highest BCUT2D eigenvalue weighted by Crippen LogP contribution is 2.21. The molecule has 1 aromatic heterocycles. The van der Waals surface area contributed by atoms with Crippen LogP contribution in [-0.2, 0) is 32.1 Å². The lowest BCUT2D eigenvalue weighted by molar-refractivity contribution is -0.147. The molecule has 3 aromatic carbocycles. The van der Waals surface area contributed by atoms with E-state index in [-0.39, 0.29) is 37.2 Å². The summed E-state index contributed by atoms with van der Waals surface area (Å²) in [6, 6.07) is 22.8. The number of carbonyl (C=O) groups excluding carboxylic acids is 4. The summed E-state index contributed by atoms with van der Waals surface area (Å²) in [7, 11) is 1.71. The van der Waals surface area contributed by atoms with E-state index in [1.165, 1.54) is 4.90 Å². The summed E-state index contributed by atoms with van der Waals surface area (Å²) in [5.41, 5.74) is 4.55. The molecule has 3 N–H and O–H groups in total. The van der Waals surface area contributed by atoms with Gasteiger partial charge in [-0.1, -0.05) is 72.8 Å². The van der Waals surface area contributed by atoms with Crippen LogP contribution in [0.1, 0.15) is 28.3 Å². The van der Waals surface area contributed by atoms with Crippen LogP contribution in [0.25, 0.3) is 10.9 Å². The molecular formula is C32H33N5O4. The Morgan fingerprint density at radius 2 is 1.68 bits per heavy atom. The van der Waals surface area contributed by atoms with Gasteiger partial charge in [0.15, 0.2) is 0 Å². The SMILES string of the molecule is Cc1ccccc1CN(C)C(=O)C(Cc1c[nH]c2ccccc12)NC(=O)CN1CC(=O)NC(c2ccccc2)C1=O. The molecule has 1 aliphatic heterocycles. The summed E-state index contributed by atoms with van der Waals surface area (Å²) in [6.45, 7) is 1.81. The number of aromatic amines is 1. The summed E-state index contributed by atoms with van der Waals surface area (Å²) in [6.07, 6.45) is 2.11. The Balaban J connectivity index is 1.34. The molecule has 0 spiro atoms. The van der Waals surface area contributed by atoms with Crippen LogP contribution in [0.3, 0.4) is 0 Å². The van der Waals surface area contributed by atoms with Crippen LogP contribution >= 0.6 is 0 Å². The van der Waals surface area contributed by atoms with Gasteiger partial charge < -0.3 is 25.4 Å². The van der Waals surface area contributed by atoms with Crippen molar-refractivity contribution in [3.63, 3.8) is 0 Å². The highest BCUT2D eigenvalue weighted by molar-refractivity contribution is 5.98. The van der Waals surface area contributed by atoms with E-state index in [1.807, 2.05) is 67.7 Å². The van der Waals surface area contributed by atoms with Crippen molar-refractivity contribution in [1.29, 1.82) is 0 Å². The smallest absolute Gasteiger partial charge is 0.250 e. The number of para-hydroxylation sites is 1. The molecule has 0 radical (unpaired) electrons. The Bertz CT molecular complexity index is 1580. The van der Waals surface area contributed by atoms with Crippen molar-refractivity contribution in [1.82, 2.24) is 25.4 Å². The van der Waals surface area contributed by atoms with Gasteiger partial charge in [0.1, 0.15) is 25.2 Å². The molecule has 4 aromatic rings. The number of rotatable bonds is 9. The van der Waals surface area contributed by atoms with Crippen LogP contribution in [0.15, 0.2) is 85.1 Å². The largest absolute Gasteiger partial charge is 0.361 e. The molecule has 4 amide bonds. The van der Waals surface area contributed by atoms with E-state index in [0.29, 0.717) is 12.1 Å². The van der Waals surface area contributed by atoms with E-state index in [0.717, 1.165) is 27.6 Å². The van der Waals surface area contributed by atoms with E-state index >= 15 is 0 Å². The van der Waals surface area contributed by atoms with Gasteiger partial charge in [0.2, 0.25) is 17.7 Å². The van der Waals surface area contributed by atoms with Gasteiger partial charge in [-0.05, 0) is 35.2 Å². The first-order valence-corrected chi connectivity index (χ1v) is 13.6. The number of nitrogens with one attached hydrogen (secondary N) is 3. The number of benzene rings is 3. The van der Waals surface area contributed by atoms with Crippen LogP contribution in [-0.4, -0.2) is 64.6 Å². The van der Waals surface area contributed by atoms with Gasteiger partial charge in [0, 0.05) is 37.1 Å². The monoisotopic (exact) mass is 551 g/mol. The number of carbonyl (C=O) groups is 4. The Hall–Kier alpha value is -4.92. The normalized spacial score (nSPS) is 15.9. The Morgan fingerprint density at radius 1 is 0.976 bits per heavy atom. The topological polar surface area (TPSA) is 115 Å². The Kier molecular flexibility index (Phi) is 8.14. The maximum absolute atomic E-state index is 13.8. The van der Waals surface area contributed by atoms with Crippen LogP contribution in [0.2, 0.25) is 0 Å². The van der Waals surface area contributed by atoms with Crippen molar-refractivity contribution >= 4 is 34.5 Å². The zero-order valence-electron chi connectivity index (χ0n) is 23.1. The van der Waals surface area contributed by atoms with E-state index < -0.39 is 18.0 Å². The van der Waals surface area contributed by atoms with Crippen LogP contribution in [0.5, 0.6) is 0 Å². The second-order valence-electron chi connectivity index (χ2n) is 10.4. The van der Waals surface area contributed by atoms with Gasteiger partial charge in [-0.2, -0.15) is 0 Å². The molecule has 210 valence electrons. The average Bonchev–Trinajstić information content (AvgIpc) is 3.38. The maximum Gasteiger partial charge on any atom is 0.250 e. The molecule has 9 nitrogen and oxygen atoms in total. The van der Waals surface area contributed by atoms with Crippen molar-refractivity contribution in [3.05, 3.63) is 107 Å². The second kappa shape index (κ2) is 12.1. The third-order valence-corrected chi connectivity index (χ3v) is 7.44. The number of fused-ring (bicyclic) bond motifs is 1. The molecule has 9 heteroatoms. The minimum atomic E-state index is -0.880. The first-order valence-electron chi connectivity index (χ1n) is 13.6. The summed E-state index contributed by atoms with van der Waals surface area (Å²) in [5, 5.41) is 6.54. The number of likely N-dealkylation sites (N-methyl/N-ethyl adjacent to an activating group) is 1. The third-order valence-electron chi connectivity index (χ3n) is 7.44. The minimum absolute atomic E-state index is 0.232. The fraction of sp³-hybridized carbons (Fsp3) is 0.250. The number of aryl methyl sites for hydroxylation is 1. The molecule has 5 rings (SSSR count). The fourth-order valence-electron chi connectivity index (χ4n) is 5.23. The van der Waals surface area contributed by atoms with E-state index in [1.54, 1.807) is 36.2 Å². The van der Waals surface area contributed by atoms with Crippen LogP contribution in [0, 0.1) is 6.92 Å². The van der Waals surface area contributed by atoms with Crippen molar-refractivity contribution in [2.24, 2.45) is 0 Å². The molecule has 0 saturated carbocycles. The summed E-state index contributed by atoms with van der Waals surface area (Å²) < 4.78 is 0. The molecule has 0 aliphatic carbocycles. The van der Waals surface area contributed by atoms with Crippen LogP contribution < -0.4 is 10.6 Å². The molecule has 2 atom stereocenters. The predicted octanol–water partition coefficient (Wildman–Crippen LogP) is 2.86. The van der Waals surface area contributed by atoms with Gasteiger partial charge in [-0.15, -0.1) is 0 Å². The number of nitrogens with zero attached hydrogens (tertiary/aromatic N) is 2. The molecule has 1 fully saturated rings. The molecule has 1 saturated heterocycles. The Labute approximate surface area is 238 Å². The predicted molar refractivity (Wildman–Crippen MR) is 155 cm³/mol. The van der Waals surface area contributed by atoms with Crippen molar-refractivity contribution in [2.45, 2.75) is 32.0 Å². The molecule has 1 aliphatic rings. The van der Waals surface area contributed by atoms with Gasteiger partial charge in [0.25, 0.3) is 5.91 Å². The quantitative estimate of drug-likeness (QED) is 0.297. The number of hydrogen-bond acceptors (Lipinski definition) is 4. The molecular weight excluding hydrogens is 518 g/mol. The van der Waals surface area contributed by atoms with Crippen molar-refractivity contribution < 1.29 is 19.2 Å². The molecule has 2 unspecified atom stereocenters. The van der Waals surface area contributed by atoms with E-state index in [9.17, 15) is 19.2 Å². The van der Waals surface area contributed by atoms with Gasteiger partial charge >= 0.3 is 0 Å². The van der Waals surface area contributed by atoms with Crippen molar-refractivity contribution in [3.8, 4) is 0 Å². The summed E-state index contributed by atoms with van der Waals surface area (Å²) in [5.74, 6) is -1.49. The second-order valence-corrected chi connectivity index (χ2v) is 10.4. The number of hydrogen-bond donors (Lipinski definition) is 3. The minimum Gasteiger partial charge on any atom is -0.361 e. The van der Waals surface area contributed by atoms with Gasteiger partial charge in [0.05, 0.1) is 0 Å². The lowest BCUT2D eigenvalue weighted by atomic mass is 10.0. The number of amides is 4. The number of aromatic nitrogens is 1. The first-order chi connectivity index (χ1) is 19.8. The van der Waals surface area contributed by atoms with Crippen LogP contribution in [0.4, 0.5) is 0 Å². The number of piperazine rings is 1. The summed E-state index contributed by atoms with van der Waals surface area (Å²) >= 11 is 0. The molecule has 2 heterocycles.